The molecule has 0 fully saturated rings. The molecule has 82 valence electrons. The lowest BCUT2D eigenvalue weighted by Gasteiger charge is -2.05. The molecule has 1 N–H and O–H groups in total. The van der Waals surface area contributed by atoms with Crippen LogP contribution >= 0.6 is 27.5 Å². The first-order valence-corrected chi connectivity index (χ1v) is 5.36. The van der Waals surface area contributed by atoms with Crippen molar-refractivity contribution >= 4 is 33.5 Å². The van der Waals surface area contributed by atoms with Crippen LogP contribution in [0.2, 0.25) is 5.02 Å². The van der Waals surface area contributed by atoms with Gasteiger partial charge in [0.1, 0.15) is 4.60 Å². The van der Waals surface area contributed by atoms with Gasteiger partial charge in [0, 0.05) is 0 Å². The van der Waals surface area contributed by atoms with E-state index in [1.165, 1.54) is 16.9 Å². The maximum atomic E-state index is 10.9. The molecule has 2 aromatic rings. The van der Waals surface area contributed by atoms with Crippen LogP contribution in [0.15, 0.2) is 29.0 Å². The lowest BCUT2D eigenvalue weighted by atomic mass is 10.4. The second-order valence-electron chi connectivity index (χ2n) is 2.87. The van der Waals surface area contributed by atoms with Crippen molar-refractivity contribution in [3.05, 3.63) is 39.7 Å². The molecule has 5 nitrogen and oxygen atoms in total. The summed E-state index contributed by atoms with van der Waals surface area (Å²) in [7, 11) is 0. The van der Waals surface area contributed by atoms with E-state index < -0.39 is 5.97 Å². The summed E-state index contributed by atoms with van der Waals surface area (Å²) in [6, 6.07) is 4.65. The van der Waals surface area contributed by atoms with Crippen LogP contribution in [0.4, 0.5) is 0 Å². The quantitative estimate of drug-likeness (QED) is 0.865. The van der Waals surface area contributed by atoms with Crippen molar-refractivity contribution in [3.8, 4) is 5.82 Å². The van der Waals surface area contributed by atoms with E-state index in [-0.39, 0.29) is 11.5 Å². The number of aromatic nitrogens is 3. The summed E-state index contributed by atoms with van der Waals surface area (Å²) in [5.41, 5.74) is 0.00694. The van der Waals surface area contributed by atoms with Crippen LogP contribution < -0.4 is 0 Å². The van der Waals surface area contributed by atoms with E-state index in [9.17, 15) is 4.79 Å². The lowest BCUT2D eigenvalue weighted by Crippen LogP contribution is -2.09. The van der Waals surface area contributed by atoms with Gasteiger partial charge in [-0.1, -0.05) is 11.6 Å². The normalized spacial score (nSPS) is 10.4. The van der Waals surface area contributed by atoms with Gasteiger partial charge >= 0.3 is 5.97 Å². The van der Waals surface area contributed by atoms with Gasteiger partial charge in [-0.3, -0.25) is 0 Å². The zero-order valence-corrected chi connectivity index (χ0v) is 10.1. The molecular weight excluding hydrogens is 297 g/mol. The number of carbonyl (C=O) groups is 1. The number of carboxylic acids is 1. The number of pyridine rings is 1. The van der Waals surface area contributed by atoms with E-state index in [1.807, 2.05) is 0 Å². The Morgan fingerprint density at radius 3 is 2.88 bits per heavy atom. The number of hydrogen-bond acceptors (Lipinski definition) is 3. The Morgan fingerprint density at radius 1 is 1.44 bits per heavy atom. The van der Waals surface area contributed by atoms with E-state index in [1.54, 1.807) is 12.1 Å². The van der Waals surface area contributed by atoms with Gasteiger partial charge in [0.05, 0.1) is 11.2 Å². The minimum atomic E-state index is -1.09. The monoisotopic (exact) mass is 301 g/mol. The van der Waals surface area contributed by atoms with Crippen molar-refractivity contribution in [2.45, 2.75) is 0 Å². The lowest BCUT2D eigenvalue weighted by molar-refractivity contribution is 0.0687. The van der Waals surface area contributed by atoms with E-state index in [0.29, 0.717) is 9.63 Å². The predicted octanol–water partition coefficient (Wildman–Crippen LogP) is 2.38. The molecule has 0 aliphatic rings. The molecule has 0 aliphatic heterocycles. The first-order chi connectivity index (χ1) is 7.59. The fraction of sp³-hybridized carbons (Fsp3) is 0. The molecule has 0 radical (unpaired) electrons. The maximum Gasteiger partial charge on any atom is 0.354 e. The van der Waals surface area contributed by atoms with Crippen molar-refractivity contribution < 1.29 is 9.90 Å². The first kappa shape index (κ1) is 11.1. The Kier molecular flexibility index (Phi) is 2.93. The average Bonchev–Trinajstić information content (AvgIpc) is 2.70. The number of carboxylic acid groups (broad SMARTS) is 1. The number of halogens is 2. The van der Waals surface area contributed by atoms with Crippen LogP contribution in [0.25, 0.3) is 5.82 Å². The van der Waals surface area contributed by atoms with Crippen LogP contribution in [0.3, 0.4) is 0 Å². The van der Waals surface area contributed by atoms with Crippen molar-refractivity contribution in [1.82, 2.24) is 14.8 Å². The first-order valence-electron chi connectivity index (χ1n) is 4.19. The van der Waals surface area contributed by atoms with Crippen LogP contribution in [0, 0.1) is 0 Å². The third-order valence-corrected chi connectivity index (χ3v) is 2.59. The molecule has 2 rings (SSSR count). The van der Waals surface area contributed by atoms with Gasteiger partial charge in [-0.25, -0.2) is 14.5 Å². The fourth-order valence-electron chi connectivity index (χ4n) is 1.19. The van der Waals surface area contributed by atoms with Crippen LogP contribution in [0.5, 0.6) is 0 Å². The van der Waals surface area contributed by atoms with Gasteiger partial charge in [-0.15, -0.1) is 0 Å². The van der Waals surface area contributed by atoms with Crippen LogP contribution in [0.1, 0.15) is 10.5 Å². The van der Waals surface area contributed by atoms with Crippen molar-refractivity contribution in [2.24, 2.45) is 0 Å². The van der Waals surface area contributed by atoms with Gasteiger partial charge in [0.2, 0.25) is 0 Å². The summed E-state index contributed by atoms with van der Waals surface area (Å²) in [4.78, 5) is 15.0. The van der Waals surface area contributed by atoms with Gasteiger partial charge in [0.15, 0.2) is 11.5 Å². The largest absolute Gasteiger partial charge is 0.477 e. The Hall–Kier alpha value is -1.40. The average molecular weight is 303 g/mol. The Morgan fingerprint density at radius 2 is 2.19 bits per heavy atom. The zero-order chi connectivity index (χ0) is 11.7. The summed E-state index contributed by atoms with van der Waals surface area (Å²) in [6.45, 7) is 0. The minimum absolute atomic E-state index is 0.00694. The van der Waals surface area contributed by atoms with E-state index >= 15 is 0 Å². The molecule has 0 aromatic carbocycles. The predicted molar refractivity (Wildman–Crippen MR) is 61.0 cm³/mol. The van der Waals surface area contributed by atoms with Gasteiger partial charge in [-0.2, -0.15) is 5.10 Å². The van der Waals surface area contributed by atoms with Crippen molar-refractivity contribution in [3.63, 3.8) is 0 Å². The second kappa shape index (κ2) is 4.23. The molecule has 2 aromatic heterocycles. The third-order valence-electron chi connectivity index (χ3n) is 1.86. The molecule has 0 amide bonds. The molecule has 0 aliphatic carbocycles. The molecule has 7 heteroatoms. The Labute approximate surface area is 104 Å². The highest BCUT2D eigenvalue weighted by atomic mass is 79.9. The highest BCUT2D eigenvalue weighted by Gasteiger charge is 2.15. The number of nitrogens with zero attached hydrogens (tertiary/aromatic N) is 3. The number of aromatic carboxylic acids is 1. The van der Waals surface area contributed by atoms with Crippen LogP contribution in [-0.2, 0) is 0 Å². The molecule has 2 heterocycles. The molecule has 0 saturated heterocycles. The number of rotatable bonds is 2. The number of hydrogen-bond donors (Lipinski definition) is 1. The minimum Gasteiger partial charge on any atom is -0.477 e. The van der Waals surface area contributed by atoms with Gasteiger partial charge in [-0.05, 0) is 34.1 Å². The molecule has 16 heavy (non-hydrogen) atoms. The van der Waals surface area contributed by atoms with E-state index in [2.05, 4.69) is 26.0 Å². The zero-order valence-electron chi connectivity index (χ0n) is 7.76. The third kappa shape index (κ3) is 1.94. The topological polar surface area (TPSA) is 68.0 Å². The van der Waals surface area contributed by atoms with Gasteiger partial charge in [0.25, 0.3) is 0 Å². The smallest absolute Gasteiger partial charge is 0.354 e. The summed E-state index contributed by atoms with van der Waals surface area (Å²) < 4.78 is 1.73. The second-order valence-corrected chi connectivity index (χ2v) is 4.09. The highest BCUT2D eigenvalue weighted by molar-refractivity contribution is 9.10. The Balaban J connectivity index is 2.62. The fourth-order valence-corrected chi connectivity index (χ4v) is 1.68. The van der Waals surface area contributed by atoms with Crippen molar-refractivity contribution in [2.75, 3.05) is 0 Å². The van der Waals surface area contributed by atoms with Crippen molar-refractivity contribution in [1.29, 1.82) is 0 Å². The molecule has 0 unspecified atom stereocenters. The summed E-state index contributed by atoms with van der Waals surface area (Å²) in [5.74, 6) is -0.811. The molecule has 0 atom stereocenters. The molecule has 0 saturated carbocycles. The summed E-state index contributed by atoms with van der Waals surface area (Å²) in [6.07, 6.45) is 1.38. The maximum absolute atomic E-state index is 10.9. The molecule has 0 spiro atoms. The van der Waals surface area contributed by atoms with E-state index in [0.717, 1.165) is 0 Å². The van der Waals surface area contributed by atoms with Gasteiger partial charge < -0.3 is 5.11 Å². The SMILES string of the molecule is O=C(O)c1ccnn1-c1nc(Br)ccc1Cl. The molecule has 0 bridgehead atoms. The van der Waals surface area contributed by atoms with E-state index in [4.69, 9.17) is 16.7 Å². The summed E-state index contributed by atoms with van der Waals surface area (Å²) >= 11 is 9.11. The highest BCUT2D eigenvalue weighted by Crippen LogP contribution is 2.21. The molecular formula is C9H5BrClN3O2. The Bertz CT molecular complexity index is 555. The van der Waals surface area contributed by atoms with Crippen LogP contribution in [-0.4, -0.2) is 25.8 Å². The standard InChI is InChI=1S/C9H5BrClN3O2/c10-7-2-1-5(11)8(13-7)14-6(9(15)16)3-4-12-14/h1-4H,(H,15,16). The summed E-state index contributed by atoms with van der Waals surface area (Å²) in [5, 5.41) is 13.1.